The summed E-state index contributed by atoms with van der Waals surface area (Å²) in [7, 11) is 0. The molecule has 14 heavy (non-hydrogen) atoms. The fraction of sp³-hybridized carbons (Fsp3) is 0.444. The molecule has 0 N–H and O–H groups in total. The van der Waals surface area contributed by atoms with Gasteiger partial charge in [0.1, 0.15) is 5.60 Å². The molecule has 0 unspecified atom stereocenters. The Kier molecular flexibility index (Phi) is 2.78. The first-order valence-electron chi connectivity index (χ1n) is 4.10. The summed E-state index contributed by atoms with van der Waals surface area (Å²) in [6.07, 6.45) is 1.17. The van der Waals surface area contributed by atoms with Crippen LogP contribution in [0.3, 0.4) is 0 Å². The van der Waals surface area contributed by atoms with E-state index < -0.39 is 17.5 Å². The molecule has 1 aromatic heterocycles. The van der Waals surface area contributed by atoms with E-state index in [1.807, 2.05) is 0 Å². The maximum Gasteiger partial charge on any atom is 0.376 e. The van der Waals surface area contributed by atoms with Crippen LogP contribution in [0.2, 0.25) is 0 Å². The maximum atomic E-state index is 12.6. The van der Waals surface area contributed by atoms with Crippen LogP contribution in [0.1, 0.15) is 31.4 Å². The summed E-state index contributed by atoms with van der Waals surface area (Å²) in [5.41, 5.74) is -0.632. The van der Waals surface area contributed by atoms with Gasteiger partial charge < -0.3 is 4.74 Å². The minimum atomic E-state index is -0.749. The third kappa shape index (κ3) is 3.08. The van der Waals surface area contributed by atoms with Crippen LogP contribution in [0.15, 0.2) is 12.3 Å². The molecule has 0 spiro atoms. The minimum Gasteiger partial charge on any atom is -0.454 e. The summed E-state index contributed by atoms with van der Waals surface area (Å²) >= 11 is 0. The van der Waals surface area contributed by atoms with Crippen LogP contribution >= 0.6 is 0 Å². The first kappa shape index (κ1) is 10.6. The van der Waals surface area contributed by atoms with Gasteiger partial charge in [-0.2, -0.15) is 9.37 Å². The lowest BCUT2D eigenvalue weighted by atomic mass is 10.2. The van der Waals surface area contributed by atoms with Crippen molar-refractivity contribution >= 4 is 5.97 Å². The van der Waals surface area contributed by atoms with Crippen molar-refractivity contribution in [1.82, 2.24) is 9.97 Å². The maximum absolute atomic E-state index is 12.6. The SMILES string of the molecule is CC(C)(C)OC(=O)c1nccc(F)n1. The smallest absolute Gasteiger partial charge is 0.376 e. The lowest BCUT2D eigenvalue weighted by Gasteiger charge is -2.18. The molecule has 1 aromatic rings. The first-order chi connectivity index (χ1) is 6.38. The van der Waals surface area contributed by atoms with E-state index >= 15 is 0 Å². The van der Waals surface area contributed by atoms with E-state index in [0.717, 1.165) is 6.07 Å². The van der Waals surface area contributed by atoms with Crippen molar-refractivity contribution in [3.63, 3.8) is 0 Å². The molecule has 0 radical (unpaired) electrons. The molecule has 0 saturated carbocycles. The second-order valence-electron chi connectivity index (χ2n) is 3.70. The Labute approximate surface area is 81.1 Å². The van der Waals surface area contributed by atoms with E-state index in [0.29, 0.717) is 0 Å². The van der Waals surface area contributed by atoms with E-state index in [1.54, 1.807) is 20.8 Å². The van der Waals surface area contributed by atoms with Crippen molar-refractivity contribution < 1.29 is 13.9 Å². The Hall–Kier alpha value is -1.52. The number of rotatable bonds is 1. The van der Waals surface area contributed by atoms with E-state index in [9.17, 15) is 9.18 Å². The summed E-state index contributed by atoms with van der Waals surface area (Å²) in [6, 6.07) is 1.06. The van der Waals surface area contributed by atoms with Gasteiger partial charge in [0.05, 0.1) is 0 Å². The van der Waals surface area contributed by atoms with Crippen molar-refractivity contribution in [3.8, 4) is 0 Å². The Morgan fingerprint density at radius 2 is 2.14 bits per heavy atom. The monoisotopic (exact) mass is 198 g/mol. The Morgan fingerprint density at radius 1 is 1.50 bits per heavy atom. The lowest BCUT2D eigenvalue weighted by Crippen LogP contribution is -2.25. The highest BCUT2D eigenvalue weighted by Gasteiger charge is 2.20. The van der Waals surface area contributed by atoms with E-state index in [2.05, 4.69) is 9.97 Å². The predicted molar refractivity (Wildman–Crippen MR) is 47.2 cm³/mol. The van der Waals surface area contributed by atoms with Crippen molar-refractivity contribution in [2.24, 2.45) is 0 Å². The van der Waals surface area contributed by atoms with Gasteiger partial charge in [-0.05, 0) is 20.8 Å². The van der Waals surface area contributed by atoms with Crippen molar-refractivity contribution in [2.45, 2.75) is 26.4 Å². The molecule has 0 aliphatic heterocycles. The topological polar surface area (TPSA) is 52.1 Å². The Morgan fingerprint density at radius 3 is 2.64 bits per heavy atom. The van der Waals surface area contributed by atoms with E-state index in [-0.39, 0.29) is 5.82 Å². The third-order valence-corrected chi connectivity index (χ3v) is 1.20. The molecule has 0 saturated heterocycles. The molecule has 0 aliphatic carbocycles. The van der Waals surface area contributed by atoms with Crippen LogP contribution in [0.25, 0.3) is 0 Å². The molecule has 0 fully saturated rings. The van der Waals surface area contributed by atoms with Gasteiger partial charge in [0.25, 0.3) is 0 Å². The van der Waals surface area contributed by atoms with Crippen LogP contribution in [0.5, 0.6) is 0 Å². The largest absolute Gasteiger partial charge is 0.454 e. The van der Waals surface area contributed by atoms with Crippen LogP contribution in [-0.2, 0) is 4.74 Å². The normalized spacial score (nSPS) is 11.1. The average molecular weight is 198 g/mol. The van der Waals surface area contributed by atoms with Crippen molar-refractivity contribution in [1.29, 1.82) is 0 Å². The van der Waals surface area contributed by atoms with Gasteiger partial charge in [-0.3, -0.25) is 0 Å². The summed E-state index contributed by atoms with van der Waals surface area (Å²) in [6.45, 7) is 5.14. The number of nitrogens with zero attached hydrogens (tertiary/aromatic N) is 2. The first-order valence-corrected chi connectivity index (χ1v) is 4.10. The molecule has 0 bridgehead atoms. The van der Waals surface area contributed by atoms with Gasteiger partial charge in [0.15, 0.2) is 0 Å². The summed E-state index contributed by atoms with van der Waals surface area (Å²) in [4.78, 5) is 18.2. The average Bonchev–Trinajstić information content (AvgIpc) is 2.01. The number of aromatic nitrogens is 2. The van der Waals surface area contributed by atoms with Gasteiger partial charge >= 0.3 is 5.97 Å². The van der Waals surface area contributed by atoms with Crippen LogP contribution in [-0.4, -0.2) is 21.5 Å². The lowest BCUT2D eigenvalue weighted by molar-refractivity contribution is 0.00541. The zero-order chi connectivity index (χ0) is 10.8. The number of carbonyl (C=O) groups is 1. The second-order valence-corrected chi connectivity index (χ2v) is 3.70. The summed E-state index contributed by atoms with van der Waals surface area (Å²) in [5, 5.41) is 0. The predicted octanol–water partition coefficient (Wildman–Crippen LogP) is 1.57. The molecule has 0 amide bonds. The highest BCUT2D eigenvalue weighted by molar-refractivity contribution is 5.85. The standard InChI is InChI=1S/C9H11FN2O2/c1-9(2,3)14-8(13)7-11-5-4-6(10)12-7/h4-5H,1-3H3. The highest BCUT2D eigenvalue weighted by atomic mass is 19.1. The van der Waals surface area contributed by atoms with Crippen molar-refractivity contribution in [3.05, 3.63) is 24.0 Å². The molecule has 0 aliphatic rings. The summed E-state index contributed by atoms with van der Waals surface area (Å²) in [5.74, 6) is -1.74. The molecule has 0 aromatic carbocycles. The molecule has 1 heterocycles. The highest BCUT2D eigenvalue weighted by Crippen LogP contribution is 2.09. The summed E-state index contributed by atoms with van der Waals surface area (Å²) < 4.78 is 17.5. The third-order valence-electron chi connectivity index (χ3n) is 1.20. The molecular formula is C9H11FN2O2. The Balaban J connectivity index is 2.80. The van der Waals surface area contributed by atoms with E-state index in [1.165, 1.54) is 6.20 Å². The van der Waals surface area contributed by atoms with Gasteiger partial charge in [-0.15, -0.1) is 0 Å². The van der Waals surface area contributed by atoms with Crippen LogP contribution < -0.4 is 0 Å². The molecule has 0 atom stereocenters. The van der Waals surface area contributed by atoms with Gasteiger partial charge in [0, 0.05) is 12.3 Å². The fourth-order valence-corrected chi connectivity index (χ4v) is 0.759. The Bertz CT molecular complexity index is 347. The molecule has 1 rings (SSSR count). The van der Waals surface area contributed by atoms with Gasteiger partial charge in [-0.25, -0.2) is 9.78 Å². The quantitative estimate of drug-likeness (QED) is 0.507. The number of hydrogen-bond acceptors (Lipinski definition) is 4. The van der Waals surface area contributed by atoms with Crippen molar-refractivity contribution in [2.75, 3.05) is 0 Å². The zero-order valence-electron chi connectivity index (χ0n) is 8.24. The number of halogens is 1. The van der Waals surface area contributed by atoms with Gasteiger partial charge in [-0.1, -0.05) is 0 Å². The second kappa shape index (κ2) is 3.69. The number of ether oxygens (including phenoxy) is 1. The van der Waals surface area contributed by atoms with Crippen LogP contribution in [0, 0.1) is 5.95 Å². The molecule has 76 valence electrons. The van der Waals surface area contributed by atoms with Gasteiger partial charge in [0.2, 0.25) is 11.8 Å². The molecular weight excluding hydrogens is 187 g/mol. The number of hydrogen-bond donors (Lipinski definition) is 0. The number of esters is 1. The molecule has 5 heteroatoms. The fourth-order valence-electron chi connectivity index (χ4n) is 0.759. The van der Waals surface area contributed by atoms with E-state index in [4.69, 9.17) is 4.74 Å². The van der Waals surface area contributed by atoms with Crippen LogP contribution in [0.4, 0.5) is 4.39 Å². The number of carbonyl (C=O) groups excluding carboxylic acids is 1. The molecule has 4 nitrogen and oxygen atoms in total. The zero-order valence-corrected chi connectivity index (χ0v) is 8.24. The minimum absolute atomic E-state index is 0.264.